The van der Waals surface area contributed by atoms with Gasteiger partial charge in [-0.05, 0) is 56.7 Å². The number of amides is 1. The van der Waals surface area contributed by atoms with E-state index in [-0.39, 0.29) is 18.0 Å². The first-order valence-electron chi connectivity index (χ1n) is 8.73. The summed E-state index contributed by atoms with van der Waals surface area (Å²) >= 11 is 0. The van der Waals surface area contributed by atoms with Crippen LogP contribution in [0.1, 0.15) is 42.5 Å². The predicted octanol–water partition coefficient (Wildman–Crippen LogP) is 4.37. The second-order valence-electron chi connectivity index (χ2n) is 6.92. The summed E-state index contributed by atoms with van der Waals surface area (Å²) in [4.78, 5) is 12.6. The van der Waals surface area contributed by atoms with E-state index in [1.54, 1.807) is 0 Å². The van der Waals surface area contributed by atoms with Crippen molar-refractivity contribution in [3.05, 3.63) is 65.2 Å². The highest BCUT2D eigenvalue weighted by molar-refractivity contribution is 5.95. The van der Waals surface area contributed by atoms with Gasteiger partial charge in [-0.1, -0.05) is 48.0 Å². The minimum Gasteiger partial charge on any atom is -0.324 e. The van der Waals surface area contributed by atoms with Crippen LogP contribution < -0.4 is 10.6 Å². The molecule has 0 bridgehead atoms. The van der Waals surface area contributed by atoms with Crippen molar-refractivity contribution in [2.75, 3.05) is 5.32 Å². The topological polar surface area (TPSA) is 41.1 Å². The molecular formula is C21H26N2O. The standard InChI is InChI=1S/C21H26N2O/c1-14-9-12-19(15(2)13-14)23-21(24)16(3)22-20(18-10-11-18)17-7-5-4-6-8-17/h4-9,12-13,16,18,20,22H,10-11H2,1-3H3,(H,23,24)/t16-,20-/m1/s1. The normalized spacial score (nSPS) is 16.5. The molecular weight excluding hydrogens is 296 g/mol. The average Bonchev–Trinajstić information content (AvgIpc) is 3.40. The number of anilines is 1. The highest BCUT2D eigenvalue weighted by atomic mass is 16.2. The summed E-state index contributed by atoms with van der Waals surface area (Å²) in [5, 5.41) is 6.59. The van der Waals surface area contributed by atoms with E-state index in [2.05, 4.69) is 47.9 Å². The molecule has 0 radical (unpaired) electrons. The van der Waals surface area contributed by atoms with Crippen molar-refractivity contribution in [2.24, 2.45) is 5.92 Å². The Morgan fingerprint density at radius 2 is 1.79 bits per heavy atom. The third-order valence-electron chi connectivity index (χ3n) is 4.71. The van der Waals surface area contributed by atoms with Crippen molar-refractivity contribution in [1.29, 1.82) is 0 Å². The molecule has 2 N–H and O–H groups in total. The Hall–Kier alpha value is -2.13. The van der Waals surface area contributed by atoms with Gasteiger partial charge >= 0.3 is 0 Å². The van der Waals surface area contributed by atoms with E-state index in [0.29, 0.717) is 5.92 Å². The monoisotopic (exact) mass is 322 g/mol. The zero-order valence-electron chi connectivity index (χ0n) is 14.7. The molecule has 1 aliphatic carbocycles. The van der Waals surface area contributed by atoms with Crippen LogP contribution in [0.15, 0.2) is 48.5 Å². The van der Waals surface area contributed by atoms with E-state index in [9.17, 15) is 4.79 Å². The van der Waals surface area contributed by atoms with Crippen LogP contribution in [0.4, 0.5) is 5.69 Å². The minimum atomic E-state index is -0.239. The van der Waals surface area contributed by atoms with Gasteiger partial charge in [0.1, 0.15) is 0 Å². The Morgan fingerprint density at radius 1 is 1.08 bits per heavy atom. The molecule has 0 aliphatic heterocycles. The maximum absolute atomic E-state index is 12.6. The van der Waals surface area contributed by atoms with Gasteiger partial charge in [0.2, 0.25) is 5.91 Å². The number of carbonyl (C=O) groups excluding carboxylic acids is 1. The quantitative estimate of drug-likeness (QED) is 0.829. The van der Waals surface area contributed by atoms with Gasteiger partial charge in [-0.3, -0.25) is 10.1 Å². The largest absolute Gasteiger partial charge is 0.324 e. The van der Waals surface area contributed by atoms with E-state index in [0.717, 1.165) is 11.3 Å². The van der Waals surface area contributed by atoms with Crippen LogP contribution in [-0.4, -0.2) is 11.9 Å². The van der Waals surface area contributed by atoms with Crippen LogP contribution >= 0.6 is 0 Å². The van der Waals surface area contributed by atoms with Crippen molar-refractivity contribution in [3.8, 4) is 0 Å². The molecule has 2 atom stereocenters. The molecule has 0 aromatic heterocycles. The Labute approximate surface area is 144 Å². The fraction of sp³-hybridized carbons (Fsp3) is 0.381. The molecule has 1 aliphatic rings. The van der Waals surface area contributed by atoms with Crippen LogP contribution in [0.3, 0.4) is 0 Å². The molecule has 3 rings (SSSR count). The van der Waals surface area contributed by atoms with Crippen LogP contribution in [0, 0.1) is 19.8 Å². The number of rotatable bonds is 6. The number of nitrogens with one attached hydrogen (secondary N) is 2. The van der Waals surface area contributed by atoms with Gasteiger partial charge in [-0.15, -0.1) is 0 Å². The molecule has 1 amide bonds. The second kappa shape index (κ2) is 7.18. The summed E-state index contributed by atoms with van der Waals surface area (Å²) in [5.74, 6) is 0.660. The highest BCUT2D eigenvalue weighted by Gasteiger charge is 2.33. The molecule has 2 aromatic rings. The molecule has 1 fully saturated rings. The van der Waals surface area contributed by atoms with Crippen LogP contribution in [0.2, 0.25) is 0 Å². The van der Waals surface area contributed by atoms with E-state index in [1.165, 1.54) is 24.0 Å². The third kappa shape index (κ3) is 4.04. The fourth-order valence-corrected chi connectivity index (χ4v) is 3.13. The van der Waals surface area contributed by atoms with E-state index < -0.39 is 0 Å². The molecule has 3 heteroatoms. The van der Waals surface area contributed by atoms with Gasteiger partial charge in [-0.2, -0.15) is 0 Å². The van der Waals surface area contributed by atoms with Crippen molar-refractivity contribution < 1.29 is 4.79 Å². The molecule has 0 spiro atoms. The van der Waals surface area contributed by atoms with E-state index >= 15 is 0 Å². The molecule has 0 unspecified atom stereocenters. The summed E-state index contributed by atoms with van der Waals surface area (Å²) in [6.45, 7) is 6.03. The Morgan fingerprint density at radius 3 is 2.42 bits per heavy atom. The summed E-state index contributed by atoms with van der Waals surface area (Å²) < 4.78 is 0. The first-order valence-corrected chi connectivity index (χ1v) is 8.73. The molecule has 0 heterocycles. The van der Waals surface area contributed by atoms with E-state index in [4.69, 9.17) is 0 Å². The lowest BCUT2D eigenvalue weighted by Gasteiger charge is -2.23. The van der Waals surface area contributed by atoms with Gasteiger partial charge < -0.3 is 5.32 Å². The lowest BCUT2D eigenvalue weighted by Crippen LogP contribution is -2.41. The molecule has 126 valence electrons. The zero-order chi connectivity index (χ0) is 17.1. The molecule has 1 saturated carbocycles. The zero-order valence-corrected chi connectivity index (χ0v) is 14.7. The van der Waals surface area contributed by atoms with Gasteiger partial charge in [0.15, 0.2) is 0 Å². The second-order valence-corrected chi connectivity index (χ2v) is 6.92. The first kappa shape index (κ1) is 16.7. The first-order chi connectivity index (χ1) is 11.5. The lowest BCUT2D eigenvalue weighted by molar-refractivity contribution is -0.118. The smallest absolute Gasteiger partial charge is 0.241 e. The van der Waals surface area contributed by atoms with E-state index in [1.807, 2.05) is 32.0 Å². The van der Waals surface area contributed by atoms with Gasteiger partial charge in [0.25, 0.3) is 0 Å². The number of hydrogen-bond donors (Lipinski definition) is 2. The maximum atomic E-state index is 12.6. The SMILES string of the molecule is Cc1ccc(NC(=O)[C@@H](C)N[C@H](c2ccccc2)C2CC2)c(C)c1. The summed E-state index contributed by atoms with van der Waals surface area (Å²) in [5.41, 5.74) is 4.46. The number of benzene rings is 2. The molecule has 24 heavy (non-hydrogen) atoms. The van der Waals surface area contributed by atoms with Gasteiger partial charge in [-0.25, -0.2) is 0 Å². The maximum Gasteiger partial charge on any atom is 0.241 e. The fourth-order valence-electron chi connectivity index (χ4n) is 3.13. The number of carbonyl (C=O) groups is 1. The summed E-state index contributed by atoms with van der Waals surface area (Å²) in [6, 6.07) is 16.6. The van der Waals surface area contributed by atoms with Crippen molar-refractivity contribution >= 4 is 11.6 Å². The average molecular weight is 322 g/mol. The highest BCUT2D eigenvalue weighted by Crippen LogP contribution is 2.41. The van der Waals surface area contributed by atoms with Crippen LogP contribution in [0.25, 0.3) is 0 Å². The molecule has 2 aromatic carbocycles. The lowest BCUT2D eigenvalue weighted by atomic mass is 10.0. The van der Waals surface area contributed by atoms with Crippen LogP contribution in [0.5, 0.6) is 0 Å². The summed E-state index contributed by atoms with van der Waals surface area (Å²) in [7, 11) is 0. The third-order valence-corrected chi connectivity index (χ3v) is 4.71. The van der Waals surface area contributed by atoms with Crippen molar-refractivity contribution in [1.82, 2.24) is 5.32 Å². The van der Waals surface area contributed by atoms with Crippen LogP contribution in [-0.2, 0) is 4.79 Å². The molecule has 3 nitrogen and oxygen atoms in total. The number of hydrogen-bond acceptors (Lipinski definition) is 2. The van der Waals surface area contributed by atoms with Gasteiger partial charge in [0.05, 0.1) is 6.04 Å². The van der Waals surface area contributed by atoms with Crippen molar-refractivity contribution in [3.63, 3.8) is 0 Å². The molecule has 0 saturated heterocycles. The Balaban J connectivity index is 1.66. The Kier molecular flexibility index (Phi) is 5.00. The van der Waals surface area contributed by atoms with Crippen molar-refractivity contribution in [2.45, 2.75) is 45.7 Å². The summed E-state index contributed by atoms with van der Waals surface area (Å²) in [6.07, 6.45) is 2.47. The van der Waals surface area contributed by atoms with Gasteiger partial charge in [0, 0.05) is 11.7 Å². The predicted molar refractivity (Wildman–Crippen MR) is 99.1 cm³/mol. The Bertz CT molecular complexity index is 707. The number of aryl methyl sites for hydroxylation is 2. The minimum absolute atomic E-state index is 0.0172.